The highest BCUT2D eigenvalue weighted by Crippen LogP contribution is 2.31. The van der Waals surface area contributed by atoms with Crippen LogP contribution in [0.4, 0.5) is 10.5 Å². The van der Waals surface area contributed by atoms with Gasteiger partial charge in [0, 0.05) is 62.7 Å². The molecule has 2 aliphatic rings. The number of anilines is 1. The maximum absolute atomic E-state index is 13.0. The lowest BCUT2D eigenvalue weighted by Crippen LogP contribution is -2.55. The summed E-state index contributed by atoms with van der Waals surface area (Å²) in [5.41, 5.74) is 2.02. The first-order chi connectivity index (χ1) is 13.1. The summed E-state index contributed by atoms with van der Waals surface area (Å²) in [5.74, 6) is 0.474. The third-order valence-electron chi connectivity index (χ3n) is 6.15. The highest BCUT2D eigenvalue weighted by molar-refractivity contribution is 5.89. The van der Waals surface area contributed by atoms with Crippen LogP contribution in [0.3, 0.4) is 0 Å². The van der Waals surface area contributed by atoms with Crippen molar-refractivity contribution in [2.45, 2.75) is 25.8 Å². The normalized spacial score (nSPS) is 25.6. The smallest absolute Gasteiger partial charge is 0.320 e. The quantitative estimate of drug-likeness (QED) is 0.886. The lowest BCUT2D eigenvalue weighted by Gasteiger charge is -2.43. The van der Waals surface area contributed by atoms with Crippen molar-refractivity contribution in [3.63, 3.8) is 0 Å². The first-order valence-corrected chi connectivity index (χ1v) is 9.67. The van der Waals surface area contributed by atoms with Gasteiger partial charge in [-0.15, -0.1) is 0 Å². The van der Waals surface area contributed by atoms with Crippen molar-refractivity contribution in [3.05, 3.63) is 24.5 Å². The minimum atomic E-state index is -0.0187. The fourth-order valence-electron chi connectivity index (χ4n) is 4.40. The Labute approximate surface area is 159 Å². The number of rotatable bonds is 2. The highest BCUT2D eigenvalue weighted by Gasteiger charge is 2.36. The number of likely N-dealkylation sites (tertiary alicyclic amines) is 2. The number of nitrogens with zero attached hydrogens (tertiary/aromatic N) is 5. The molecule has 1 N–H and O–H groups in total. The van der Waals surface area contributed by atoms with Crippen LogP contribution in [0, 0.1) is 23.2 Å². The molecule has 2 amide bonds. The summed E-state index contributed by atoms with van der Waals surface area (Å²) < 4.78 is 0. The zero-order chi connectivity index (χ0) is 19.0. The number of nitrogens with one attached hydrogen (secondary N) is 1. The first kappa shape index (κ1) is 17.7. The Morgan fingerprint density at radius 3 is 2.85 bits per heavy atom. The van der Waals surface area contributed by atoms with Gasteiger partial charge in [0.25, 0.3) is 0 Å². The van der Waals surface area contributed by atoms with Gasteiger partial charge in [-0.2, -0.15) is 5.26 Å². The molecule has 2 fully saturated rings. The number of likely N-dealkylation sites (N-methyl/N-ethyl adjacent to an activating group) is 1. The zero-order valence-electron chi connectivity index (χ0n) is 15.9. The number of pyridine rings is 1. The van der Waals surface area contributed by atoms with Gasteiger partial charge >= 0.3 is 6.03 Å². The van der Waals surface area contributed by atoms with Crippen molar-refractivity contribution in [3.8, 4) is 6.07 Å². The largest absolute Gasteiger partial charge is 0.369 e. The van der Waals surface area contributed by atoms with Gasteiger partial charge in [-0.05, 0) is 30.9 Å². The van der Waals surface area contributed by atoms with Gasteiger partial charge in [0.2, 0.25) is 0 Å². The van der Waals surface area contributed by atoms with Crippen LogP contribution < -0.4 is 4.90 Å². The van der Waals surface area contributed by atoms with Crippen LogP contribution in [0.5, 0.6) is 0 Å². The lowest BCUT2D eigenvalue weighted by atomic mass is 9.92. The van der Waals surface area contributed by atoms with E-state index in [4.69, 9.17) is 5.26 Å². The van der Waals surface area contributed by atoms with Crippen molar-refractivity contribution in [2.24, 2.45) is 11.8 Å². The molecule has 0 aromatic carbocycles. The predicted octanol–water partition coefficient (Wildman–Crippen LogP) is 2.67. The number of nitriles is 1. The number of carbonyl (C=O) groups is 1. The first-order valence-electron chi connectivity index (χ1n) is 9.67. The van der Waals surface area contributed by atoms with E-state index in [1.807, 2.05) is 28.3 Å². The number of fused-ring (bicyclic) bond motifs is 1. The second kappa shape index (κ2) is 7.10. The molecule has 0 saturated carbocycles. The summed E-state index contributed by atoms with van der Waals surface area (Å²) in [5, 5.41) is 10.2. The van der Waals surface area contributed by atoms with Crippen molar-refractivity contribution < 1.29 is 4.79 Å². The van der Waals surface area contributed by atoms with E-state index in [2.05, 4.69) is 41.0 Å². The fourth-order valence-corrected chi connectivity index (χ4v) is 4.40. The third-order valence-corrected chi connectivity index (χ3v) is 6.15. The molecule has 142 valence electrons. The van der Waals surface area contributed by atoms with Crippen LogP contribution in [0.25, 0.3) is 11.0 Å². The molecule has 1 unspecified atom stereocenters. The molecular weight excluding hydrogens is 340 g/mol. The molecule has 0 aliphatic carbocycles. The van der Waals surface area contributed by atoms with Crippen LogP contribution >= 0.6 is 0 Å². The zero-order valence-corrected chi connectivity index (χ0v) is 15.9. The molecule has 0 bridgehead atoms. The number of piperidine rings is 1. The van der Waals surface area contributed by atoms with Gasteiger partial charge in [0.15, 0.2) is 0 Å². The van der Waals surface area contributed by atoms with Gasteiger partial charge in [-0.1, -0.05) is 6.92 Å². The molecule has 27 heavy (non-hydrogen) atoms. The maximum Gasteiger partial charge on any atom is 0.320 e. The van der Waals surface area contributed by atoms with Crippen LogP contribution in [0.1, 0.15) is 19.8 Å². The molecule has 2 aromatic rings. The molecule has 2 aliphatic heterocycles. The topological polar surface area (TPSA) is 79.3 Å². The minimum absolute atomic E-state index is 0.0187. The molecule has 2 saturated heterocycles. The Morgan fingerprint density at radius 2 is 2.07 bits per heavy atom. The van der Waals surface area contributed by atoms with E-state index in [1.54, 1.807) is 0 Å². The monoisotopic (exact) mass is 366 g/mol. The highest BCUT2D eigenvalue weighted by atomic mass is 16.2. The van der Waals surface area contributed by atoms with E-state index < -0.39 is 0 Å². The molecule has 4 rings (SSSR count). The third kappa shape index (κ3) is 3.20. The number of aromatic nitrogens is 2. The number of hydrogen-bond donors (Lipinski definition) is 1. The van der Waals surface area contributed by atoms with Gasteiger partial charge in [0.05, 0.1) is 12.0 Å². The SMILES string of the molecule is C[C@@H]1CCN(C(=O)N2CC[C@H](C#N)C2)CC1N(C)c1ccnc2[nH]ccc12. The number of hydrogen-bond acceptors (Lipinski definition) is 4. The van der Waals surface area contributed by atoms with Crippen molar-refractivity contribution >= 4 is 22.8 Å². The predicted molar refractivity (Wildman–Crippen MR) is 104 cm³/mol. The van der Waals surface area contributed by atoms with Gasteiger partial charge in [0.1, 0.15) is 5.65 Å². The standard InChI is InChI=1S/C20H26N6O/c1-14-5-9-26(20(27)25-10-6-15(11-21)12-25)13-18(14)24(2)17-4-8-23-19-16(17)3-7-22-19/h3-4,7-8,14-15,18H,5-6,9-10,12-13H2,1-2H3,(H,22,23)/t14-,15-,18?/m1/s1. The molecule has 4 heterocycles. The van der Waals surface area contributed by atoms with Crippen molar-refractivity contribution in [1.82, 2.24) is 19.8 Å². The van der Waals surface area contributed by atoms with Gasteiger partial charge < -0.3 is 19.7 Å². The average molecular weight is 366 g/mol. The van der Waals surface area contributed by atoms with Crippen LogP contribution in [-0.2, 0) is 0 Å². The van der Waals surface area contributed by atoms with E-state index in [0.29, 0.717) is 25.6 Å². The van der Waals surface area contributed by atoms with E-state index in [-0.39, 0.29) is 18.0 Å². The summed E-state index contributed by atoms with van der Waals surface area (Å²) in [6, 6.07) is 6.72. The molecule has 0 radical (unpaired) electrons. The number of H-pyrrole nitrogens is 1. The summed E-state index contributed by atoms with van der Waals surface area (Å²) in [6.07, 6.45) is 5.51. The summed E-state index contributed by atoms with van der Waals surface area (Å²) in [7, 11) is 2.11. The maximum atomic E-state index is 13.0. The molecule has 3 atom stereocenters. The van der Waals surface area contributed by atoms with E-state index in [1.165, 1.54) is 0 Å². The Bertz CT molecular complexity index is 871. The Morgan fingerprint density at radius 1 is 1.30 bits per heavy atom. The van der Waals surface area contributed by atoms with E-state index in [9.17, 15) is 4.79 Å². The van der Waals surface area contributed by atoms with E-state index >= 15 is 0 Å². The summed E-state index contributed by atoms with van der Waals surface area (Å²) in [6.45, 7) is 5.01. The van der Waals surface area contributed by atoms with Crippen LogP contribution in [0.15, 0.2) is 24.5 Å². The number of urea groups is 1. The second-order valence-corrected chi connectivity index (χ2v) is 7.80. The van der Waals surface area contributed by atoms with Gasteiger partial charge in [-0.3, -0.25) is 0 Å². The van der Waals surface area contributed by atoms with E-state index in [0.717, 1.165) is 36.1 Å². The molecule has 7 heteroatoms. The fraction of sp³-hybridized carbons (Fsp3) is 0.550. The Balaban J connectivity index is 1.51. The minimum Gasteiger partial charge on any atom is -0.369 e. The Kier molecular flexibility index (Phi) is 4.65. The lowest BCUT2D eigenvalue weighted by molar-refractivity contribution is 0.132. The van der Waals surface area contributed by atoms with Gasteiger partial charge in [-0.25, -0.2) is 9.78 Å². The van der Waals surface area contributed by atoms with Crippen LogP contribution in [-0.4, -0.2) is 65.1 Å². The Hall–Kier alpha value is -2.75. The number of amides is 2. The summed E-state index contributed by atoms with van der Waals surface area (Å²) in [4.78, 5) is 26.6. The average Bonchev–Trinajstić information content (AvgIpc) is 3.36. The van der Waals surface area contributed by atoms with Crippen molar-refractivity contribution in [1.29, 1.82) is 5.26 Å². The molecule has 7 nitrogen and oxygen atoms in total. The molecular formula is C20H26N6O. The summed E-state index contributed by atoms with van der Waals surface area (Å²) >= 11 is 0. The molecule has 2 aromatic heterocycles. The number of carbonyl (C=O) groups excluding carboxylic acids is 1. The second-order valence-electron chi connectivity index (χ2n) is 7.80. The van der Waals surface area contributed by atoms with Crippen molar-refractivity contribution in [2.75, 3.05) is 38.1 Å². The number of aromatic amines is 1. The van der Waals surface area contributed by atoms with Crippen LogP contribution in [0.2, 0.25) is 0 Å². The molecule has 0 spiro atoms.